The molecule has 0 heterocycles. The number of nitro groups is 1. The van der Waals surface area contributed by atoms with Gasteiger partial charge in [-0.2, -0.15) is 0 Å². The van der Waals surface area contributed by atoms with Gasteiger partial charge in [-0.25, -0.2) is 0 Å². The van der Waals surface area contributed by atoms with Crippen LogP contribution in [0.5, 0.6) is 0 Å². The molecule has 0 saturated heterocycles. The minimum absolute atomic E-state index is 0.00217. The van der Waals surface area contributed by atoms with Crippen LogP contribution >= 0.6 is 0 Å². The summed E-state index contributed by atoms with van der Waals surface area (Å²) in [6.45, 7) is 0. The normalized spacial score (nSPS) is 14.6. The molecule has 0 fully saturated rings. The average Bonchev–Trinajstić information content (AvgIpc) is 2.17. The van der Waals surface area contributed by atoms with Gasteiger partial charge >= 0.3 is 0 Å². The number of aliphatic hydroxyl groups is 2. The van der Waals surface area contributed by atoms with Gasteiger partial charge in [0, 0.05) is 18.6 Å². The van der Waals surface area contributed by atoms with Gasteiger partial charge in [0.25, 0.3) is 5.69 Å². The van der Waals surface area contributed by atoms with E-state index in [1.165, 1.54) is 24.3 Å². The van der Waals surface area contributed by atoms with E-state index < -0.39 is 17.3 Å². The minimum Gasteiger partial charge on any atom is -0.388 e. The topological polar surface area (TPSA) is 110 Å². The third-order valence-electron chi connectivity index (χ3n) is 1.95. The minimum atomic E-state index is -1.10. The Bertz CT molecular complexity index is 336. The summed E-state index contributed by atoms with van der Waals surface area (Å²) in [6.07, 6.45) is -2.02. The highest BCUT2D eigenvalue weighted by molar-refractivity contribution is 5.33. The summed E-state index contributed by atoms with van der Waals surface area (Å²) in [5.74, 6) is 0. The van der Waals surface area contributed by atoms with Crippen LogP contribution in [0.15, 0.2) is 24.3 Å². The molecule has 0 saturated carbocycles. The van der Waals surface area contributed by atoms with E-state index >= 15 is 0 Å². The van der Waals surface area contributed by atoms with Gasteiger partial charge in [0.1, 0.15) is 6.23 Å². The largest absolute Gasteiger partial charge is 0.388 e. The molecule has 2 atom stereocenters. The molecule has 1 rings (SSSR count). The predicted octanol–water partition coefficient (Wildman–Crippen LogP) is 0.295. The van der Waals surface area contributed by atoms with Gasteiger partial charge in [0.2, 0.25) is 0 Å². The zero-order valence-electron chi connectivity index (χ0n) is 7.91. The number of nitrogens with zero attached hydrogens (tertiary/aromatic N) is 1. The summed E-state index contributed by atoms with van der Waals surface area (Å²) in [4.78, 5) is 9.82. The van der Waals surface area contributed by atoms with Crippen molar-refractivity contribution >= 4 is 5.69 Å². The zero-order chi connectivity index (χ0) is 11.4. The Kier molecular flexibility index (Phi) is 3.73. The third-order valence-corrected chi connectivity index (χ3v) is 1.95. The first-order chi connectivity index (χ1) is 7.00. The molecule has 0 amide bonds. The predicted molar refractivity (Wildman–Crippen MR) is 52.9 cm³/mol. The lowest BCUT2D eigenvalue weighted by Gasteiger charge is -2.12. The molecule has 1 aromatic carbocycles. The average molecular weight is 212 g/mol. The molecule has 4 N–H and O–H groups in total. The first-order valence-corrected chi connectivity index (χ1v) is 4.37. The summed E-state index contributed by atoms with van der Waals surface area (Å²) >= 11 is 0. The van der Waals surface area contributed by atoms with Gasteiger partial charge in [-0.15, -0.1) is 0 Å². The lowest BCUT2D eigenvalue weighted by molar-refractivity contribution is -0.384. The van der Waals surface area contributed by atoms with Crippen LogP contribution < -0.4 is 5.73 Å². The Hall–Kier alpha value is -1.50. The van der Waals surface area contributed by atoms with E-state index in [2.05, 4.69) is 0 Å². The van der Waals surface area contributed by atoms with Crippen molar-refractivity contribution in [3.8, 4) is 0 Å². The van der Waals surface area contributed by atoms with Crippen LogP contribution in [0.1, 0.15) is 18.1 Å². The van der Waals surface area contributed by atoms with Crippen molar-refractivity contribution in [2.75, 3.05) is 0 Å². The molecule has 0 aliphatic carbocycles. The van der Waals surface area contributed by atoms with Crippen LogP contribution in [0.25, 0.3) is 0 Å². The molecule has 0 radical (unpaired) electrons. The molecule has 6 nitrogen and oxygen atoms in total. The second-order valence-corrected chi connectivity index (χ2v) is 3.17. The van der Waals surface area contributed by atoms with Crippen LogP contribution in [-0.4, -0.2) is 21.4 Å². The molecule has 0 aromatic heterocycles. The fourth-order valence-electron chi connectivity index (χ4n) is 1.18. The smallest absolute Gasteiger partial charge is 0.269 e. The van der Waals surface area contributed by atoms with Crippen LogP contribution in [0.2, 0.25) is 0 Å². The number of nitrogens with two attached hydrogens (primary N) is 1. The Balaban J connectivity index is 2.75. The quantitative estimate of drug-likeness (QED) is 0.377. The standard InChI is InChI=1S/C9H12N2O4/c10-9(13)5-8(12)6-1-3-7(4-2-6)11(14)15/h1-4,8-9,12-13H,5,10H2. The SMILES string of the molecule is NC(O)CC(O)c1ccc([N+](=O)[O-])cc1. The van der Waals surface area contributed by atoms with Crippen molar-refractivity contribution in [2.45, 2.75) is 18.8 Å². The Morgan fingerprint density at radius 3 is 2.27 bits per heavy atom. The molecular formula is C9H12N2O4. The molecule has 82 valence electrons. The number of non-ortho nitro benzene ring substituents is 1. The fourth-order valence-corrected chi connectivity index (χ4v) is 1.18. The van der Waals surface area contributed by atoms with Gasteiger partial charge in [0.15, 0.2) is 0 Å². The fraction of sp³-hybridized carbons (Fsp3) is 0.333. The van der Waals surface area contributed by atoms with Crippen molar-refractivity contribution in [3.63, 3.8) is 0 Å². The highest BCUT2D eigenvalue weighted by Crippen LogP contribution is 2.20. The van der Waals surface area contributed by atoms with Crippen molar-refractivity contribution < 1.29 is 15.1 Å². The number of hydrogen-bond acceptors (Lipinski definition) is 5. The number of nitro benzene ring substituents is 1. The highest BCUT2D eigenvalue weighted by Gasteiger charge is 2.12. The van der Waals surface area contributed by atoms with E-state index in [0.717, 1.165) is 0 Å². The third kappa shape index (κ3) is 3.28. The lowest BCUT2D eigenvalue weighted by atomic mass is 10.1. The Labute approximate surface area is 86.1 Å². The Morgan fingerprint density at radius 1 is 1.33 bits per heavy atom. The molecular weight excluding hydrogens is 200 g/mol. The van der Waals surface area contributed by atoms with Crippen LogP contribution in [-0.2, 0) is 0 Å². The molecule has 2 unspecified atom stereocenters. The van der Waals surface area contributed by atoms with E-state index in [1.54, 1.807) is 0 Å². The summed E-state index contributed by atoms with van der Waals surface area (Å²) in [7, 11) is 0. The maximum absolute atomic E-state index is 10.3. The van der Waals surface area contributed by atoms with Crippen molar-refractivity contribution in [2.24, 2.45) is 5.73 Å². The van der Waals surface area contributed by atoms with Crippen LogP contribution in [0, 0.1) is 10.1 Å². The maximum Gasteiger partial charge on any atom is 0.269 e. The molecule has 0 aliphatic heterocycles. The Morgan fingerprint density at radius 2 is 1.87 bits per heavy atom. The lowest BCUT2D eigenvalue weighted by Crippen LogP contribution is -2.21. The summed E-state index contributed by atoms with van der Waals surface area (Å²) in [5.41, 5.74) is 5.54. The van der Waals surface area contributed by atoms with Crippen molar-refractivity contribution in [1.29, 1.82) is 0 Å². The molecule has 1 aromatic rings. The van der Waals surface area contributed by atoms with Crippen LogP contribution in [0.4, 0.5) is 5.69 Å². The number of hydrogen-bond donors (Lipinski definition) is 3. The van der Waals surface area contributed by atoms with Gasteiger partial charge in [-0.3, -0.25) is 10.1 Å². The van der Waals surface area contributed by atoms with Crippen molar-refractivity contribution in [3.05, 3.63) is 39.9 Å². The first kappa shape index (κ1) is 11.6. The van der Waals surface area contributed by atoms with E-state index in [1.807, 2.05) is 0 Å². The monoisotopic (exact) mass is 212 g/mol. The molecule has 0 aliphatic rings. The van der Waals surface area contributed by atoms with Gasteiger partial charge in [0.05, 0.1) is 11.0 Å². The van der Waals surface area contributed by atoms with E-state index in [4.69, 9.17) is 10.8 Å². The highest BCUT2D eigenvalue weighted by atomic mass is 16.6. The van der Waals surface area contributed by atoms with Gasteiger partial charge in [-0.05, 0) is 17.7 Å². The van der Waals surface area contributed by atoms with Crippen molar-refractivity contribution in [1.82, 2.24) is 0 Å². The molecule has 0 spiro atoms. The second-order valence-electron chi connectivity index (χ2n) is 3.17. The van der Waals surface area contributed by atoms with Gasteiger partial charge in [-0.1, -0.05) is 0 Å². The first-order valence-electron chi connectivity index (χ1n) is 4.37. The van der Waals surface area contributed by atoms with Crippen LogP contribution in [0.3, 0.4) is 0 Å². The second kappa shape index (κ2) is 4.83. The number of aliphatic hydroxyl groups excluding tert-OH is 2. The van der Waals surface area contributed by atoms with E-state index in [0.29, 0.717) is 5.56 Å². The summed E-state index contributed by atoms with van der Waals surface area (Å²) in [6, 6.07) is 5.46. The zero-order valence-corrected chi connectivity index (χ0v) is 7.91. The summed E-state index contributed by atoms with van der Waals surface area (Å²) in [5, 5.41) is 28.7. The molecule has 0 bridgehead atoms. The molecule has 15 heavy (non-hydrogen) atoms. The number of benzene rings is 1. The maximum atomic E-state index is 10.3. The van der Waals surface area contributed by atoms with E-state index in [9.17, 15) is 15.2 Å². The number of rotatable bonds is 4. The summed E-state index contributed by atoms with van der Waals surface area (Å²) < 4.78 is 0. The molecule has 6 heteroatoms. The van der Waals surface area contributed by atoms with E-state index in [-0.39, 0.29) is 12.1 Å². The van der Waals surface area contributed by atoms with Gasteiger partial charge < -0.3 is 15.9 Å².